The molecule has 0 atom stereocenters. The van der Waals surface area contributed by atoms with Crippen molar-refractivity contribution in [2.45, 2.75) is 37.8 Å². The Labute approximate surface area is 105 Å². The van der Waals surface area contributed by atoms with Crippen LogP contribution in [0.25, 0.3) is 0 Å². The highest BCUT2D eigenvalue weighted by Gasteiger charge is 2.34. The first-order valence-corrected chi connectivity index (χ1v) is 6.23. The Morgan fingerprint density at radius 2 is 1.67 bits per heavy atom. The molecule has 1 aromatic carbocycles. The van der Waals surface area contributed by atoms with Gasteiger partial charge in [-0.25, -0.2) is 0 Å². The molecule has 0 unspecified atom stereocenters. The van der Waals surface area contributed by atoms with E-state index >= 15 is 0 Å². The minimum Gasteiger partial charge on any atom is -0.381 e. The second-order valence-corrected chi connectivity index (χ2v) is 4.82. The standard InChI is InChI=1S/C14H17F3O/c1-2-13(7-9-18-10-8-13)11-3-5-12(6-4-11)14(15,16)17/h3-6H,2,7-10H2,1H3. The van der Waals surface area contributed by atoms with Crippen LogP contribution in [0, 0.1) is 0 Å². The van der Waals surface area contributed by atoms with Gasteiger partial charge in [0.05, 0.1) is 5.56 Å². The van der Waals surface area contributed by atoms with Crippen molar-refractivity contribution in [2.75, 3.05) is 13.2 Å². The van der Waals surface area contributed by atoms with Crippen LogP contribution in [0.5, 0.6) is 0 Å². The average Bonchev–Trinajstić information content (AvgIpc) is 2.39. The van der Waals surface area contributed by atoms with Crippen LogP contribution in [-0.4, -0.2) is 13.2 Å². The van der Waals surface area contributed by atoms with Gasteiger partial charge in [-0.15, -0.1) is 0 Å². The molecule has 0 radical (unpaired) electrons. The lowest BCUT2D eigenvalue weighted by molar-refractivity contribution is -0.137. The van der Waals surface area contributed by atoms with Crippen molar-refractivity contribution < 1.29 is 17.9 Å². The van der Waals surface area contributed by atoms with Gasteiger partial charge in [0, 0.05) is 13.2 Å². The predicted molar refractivity (Wildman–Crippen MR) is 63.5 cm³/mol. The minimum absolute atomic E-state index is 0.0115. The van der Waals surface area contributed by atoms with E-state index < -0.39 is 11.7 Å². The normalized spacial score (nSPS) is 19.8. The Morgan fingerprint density at radius 3 is 2.11 bits per heavy atom. The zero-order chi connectivity index (χ0) is 13.2. The number of hydrogen-bond donors (Lipinski definition) is 0. The fourth-order valence-corrected chi connectivity index (χ4v) is 2.62. The van der Waals surface area contributed by atoms with Crippen molar-refractivity contribution in [1.29, 1.82) is 0 Å². The molecule has 4 heteroatoms. The molecule has 2 rings (SSSR count). The smallest absolute Gasteiger partial charge is 0.381 e. The van der Waals surface area contributed by atoms with E-state index in [4.69, 9.17) is 4.74 Å². The van der Waals surface area contributed by atoms with Gasteiger partial charge >= 0.3 is 6.18 Å². The maximum atomic E-state index is 12.5. The summed E-state index contributed by atoms with van der Waals surface area (Å²) in [6.07, 6.45) is -1.56. The molecule has 1 aromatic rings. The van der Waals surface area contributed by atoms with Crippen molar-refractivity contribution in [3.8, 4) is 0 Å². The van der Waals surface area contributed by atoms with E-state index in [0.29, 0.717) is 13.2 Å². The molecule has 1 nitrogen and oxygen atoms in total. The predicted octanol–water partition coefficient (Wildman–Crippen LogP) is 4.16. The highest BCUT2D eigenvalue weighted by atomic mass is 19.4. The Bertz CT molecular complexity index is 388. The molecule has 0 amide bonds. The SMILES string of the molecule is CCC1(c2ccc(C(F)(F)F)cc2)CCOCC1. The lowest BCUT2D eigenvalue weighted by atomic mass is 9.72. The van der Waals surface area contributed by atoms with E-state index in [1.54, 1.807) is 12.1 Å². The molecule has 0 N–H and O–H groups in total. The van der Waals surface area contributed by atoms with E-state index in [0.717, 1.165) is 24.8 Å². The van der Waals surface area contributed by atoms with Gasteiger partial charge in [0.25, 0.3) is 0 Å². The second kappa shape index (κ2) is 4.92. The Kier molecular flexibility index (Phi) is 3.66. The first-order chi connectivity index (χ1) is 8.48. The molecule has 1 saturated heterocycles. The summed E-state index contributed by atoms with van der Waals surface area (Å²) < 4.78 is 42.9. The average molecular weight is 258 g/mol. The molecule has 0 aromatic heterocycles. The summed E-state index contributed by atoms with van der Waals surface area (Å²) in [7, 11) is 0. The van der Waals surface area contributed by atoms with Crippen molar-refractivity contribution in [3.63, 3.8) is 0 Å². The number of benzene rings is 1. The summed E-state index contributed by atoms with van der Waals surface area (Å²) in [5.41, 5.74) is 0.411. The van der Waals surface area contributed by atoms with Gasteiger partial charge in [-0.2, -0.15) is 13.2 Å². The van der Waals surface area contributed by atoms with Crippen LogP contribution in [0.3, 0.4) is 0 Å². The van der Waals surface area contributed by atoms with Crippen molar-refractivity contribution in [1.82, 2.24) is 0 Å². The Balaban J connectivity index is 2.27. The van der Waals surface area contributed by atoms with Crippen LogP contribution in [0.2, 0.25) is 0 Å². The van der Waals surface area contributed by atoms with Crippen molar-refractivity contribution >= 4 is 0 Å². The first kappa shape index (κ1) is 13.4. The lowest BCUT2D eigenvalue weighted by Gasteiger charge is -2.37. The Morgan fingerprint density at radius 1 is 1.11 bits per heavy atom. The fourth-order valence-electron chi connectivity index (χ4n) is 2.62. The molecule has 18 heavy (non-hydrogen) atoms. The summed E-state index contributed by atoms with van der Waals surface area (Å²) in [6.45, 7) is 3.46. The van der Waals surface area contributed by atoms with Crippen molar-refractivity contribution in [3.05, 3.63) is 35.4 Å². The van der Waals surface area contributed by atoms with Gasteiger partial charge in [0.15, 0.2) is 0 Å². The van der Waals surface area contributed by atoms with Crippen LogP contribution in [-0.2, 0) is 16.3 Å². The van der Waals surface area contributed by atoms with E-state index in [9.17, 15) is 13.2 Å². The summed E-state index contributed by atoms with van der Waals surface area (Å²) in [6, 6.07) is 5.61. The van der Waals surface area contributed by atoms with Crippen LogP contribution in [0.1, 0.15) is 37.3 Å². The number of alkyl halides is 3. The molecule has 1 aliphatic rings. The summed E-state index contributed by atoms with van der Waals surface area (Å²) in [4.78, 5) is 0. The van der Waals surface area contributed by atoms with E-state index in [2.05, 4.69) is 6.92 Å². The van der Waals surface area contributed by atoms with Crippen LogP contribution >= 0.6 is 0 Å². The highest BCUT2D eigenvalue weighted by Crippen LogP contribution is 2.39. The third-order valence-electron chi connectivity index (χ3n) is 3.95. The minimum atomic E-state index is -4.26. The van der Waals surface area contributed by atoms with Gasteiger partial charge in [-0.3, -0.25) is 0 Å². The maximum Gasteiger partial charge on any atom is 0.416 e. The molecule has 0 saturated carbocycles. The summed E-state index contributed by atoms with van der Waals surface area (Å²) in [5, 5.41) is 0. The van der Waals surface area contributed by atoms with E-state index in [1.165, 1.54) is 12.1 Å². The summed E-state index contributed by atoms with van der Waals surface area (Å²) in [5.74, 6) is 0. The maximum absolute atomic E-state index is 12.5. The molecule has 100 valence electrons. The Hall–Kier alpha value is -1.03. The molecule has 1 heterocycles. The van der Waals surface area contributed by atoms with Gasteiger partial charge in [-0.05, 0) is 42.4 Å². The molecule has 1 fully saturated rings. The zero-order valence-electron chi connectivity index (χ0n) is 10.4. The molecular formula is C14H17F3O. The van der Waals surface area contributed by atoms with Crippen LogP contribution < -0.4 is 0 Å². The quantitative estimate of drug-likeness (QED) is 0.773. The third-order valence-corrected chi connectivity index (χ3v) is 3.95. The number of rotatable bonds is 2. The zero-order valence-corrected chi connectivity index (χ0v) is 10.4. The monoisotopic (exact) mass is 258 g/mol. The van der Waals surface area contributed by atoms with Gasteiger partial charge < -0.3 is 4.74 Å². The molecule has 0 bridgehead atoms. The second-order valence-electron chi connectivity index (χ2n) is 4.82. The van der Waals surface area contributed by atoms with Gasteiger partial charge in [0.1, 0.15) is 0 Å². The largest absolute Gasteiger partial charge is 0.416 e. The van der Waals surface area contributed by atoms with Crippen molar-refractivity contribution in [2.24, 2.45) is 0 Å². The van der Waals surface area contributed by atoms with E-state index in [1.807, 2.05) is 0 Å². The van der Waals surface area contributed by atoms with Gasteiger partial charge in [-0.1, -0.05) is 19.1 Å². The first-order valence-electron chi connectivity index (χ1n) is 6.23. The molecule has 0 aliphatic carbocycles. The topological polar surface area (TPSA) is 9.23 Å². The third kappa shape index (κ3) is 2.53. The molecular weight excluding hydrogens is 241 g/mol. The van der Waals surface area contributed by atoms with Crippen LogP contribution in [0.15, 0.2) is 24.3 Å². The lowest BCUT2D eigenvalue weighted by Crippen LogP contribution is -2.33. The highest BCUT2D eigenvalue weighted by molar-refractivity contribution is 5.31. The number of hydrogen-bond acceptors (Lipinski definition) is 1. The number of halogens is 3. The van der Waals surface area contributed by atoms with E-state index in [-0.39, 0.29) is 5.41 Å². The fraction of sp³-hybridized carbons (Fsp3) is 0.571. The summed E-state index contributed by atoms with van der Waals surface area (Å²) >= 11 is 0. The molecule has 0 spiro atoms. The van der Waals surface area contributed by atoms with Gasteiger partial charge in [0.2, 0.25) is 0 Å². The number of ether oxygens (including phenoxy) is 1. The molecule has 1 aliphatic heterocycles. The van der Waals surface area contributed by atoms with Crippen LogP contribution in [0.4, 0.5) is 13.2 Å².